The lowest BCUT2D eigenvalue weighted by Crippen LogP contribution is -2.05. The molecule has 3 N–H and O–H groups in total. The Hall–Kier alpha value is -1.15. The minimum Gasteiger partial charge on any atom is -0.397 e. The molecule has 1 aromatic carbocycles. The number of carbonyl (C=O) groups is 1. The second-order valence-corrected chi connectivity index (χ2v) is 3.39. The van der Waals surface area contributed by atoms with Crippen LogP contribution in [0.2, 0.25) is 0 Å². The molecule has 1 aromatic rings. The highest BCUT2D eigenvalue weighted by atomic mass is 31.1. The molecule has 70 valence electrons. The molecule has 1 rings (SSSR count). The van der Waals surface area contributed by atoms with Crippen LogP contribution < -0.4 is 11.1 Å². The molecule has 0 aliphatic carbocycles. The molecule has 0 aliphatic rings. The zero-order valence-corrected chi connectivity index (χ0v) is 8.10. The first-order chi connectivity index (χ1) is 6.13. The Bertz CT molecular complexity index is 330. The number of carbonyl (C=O) groups excluding carboxylic acids is 1. The van der Waals surface area contributed by atoms with Crippen molar-refractivity contribution < 1.29 is 9.18 Å². The van der Waals surface area contributed by atoms with Crippen LogP contribution in [0.15, 0.2) is 18.2 Å². The Balaban J connectivity index is 2.83. The molecule has 0 fully saturated rings. The van der Waals surface area contributed by atoms with Crippen molar-refractivity contribution in [3.63, 3.8) is 0 Å². The van der Waals surface area contributed by atoms with Crippen molar-refractivity contribution in [3.05, 3.63) is 24.0 Å². The maximum absolute atomic E-state index is 12.6. The van der Waals surface area contributed by atoms with E-state index < -0.39 is 5.82 Å². The van der Waals surface area contributed by atoms with Gasteiger partial charge in [0.2, 0.25) is 5.65 Å². The highest BCUT2D eigenvalue weighted by molar-refractivity contribution is 7.57. The van der Waals surface area contributed by atoms with Crippen LogP contribution in [0, 0.1) is 5.82 Å². The van der Waals surface area contributed by atoms with Crippen LogP contribution in [-0.2, 0) is 0 Å². The van der Waals surface area contributed by atoms with Gasteiger partial charge in [0, 0.05) is 0 Å². The van der Waals surface area contributed by atoms with Gasteiger partial charge in [-0.05, 0) is 33.4 Å². The van der Waals surface area contributed by atoms with Crippen LogP contribution in [0.3, 0.4) is 0 Å². The summed E-state index contributed by atoms with van der Waals surface area (Å²) < 4.78 is 12.6. The van der Waals surface area contributed by atoms with Crippen molar-refractivity contribution in [2.75, 3.05) is 17.7 Å². The topological polar surface area (TPSA) is 55.1 Å². The number of nitrogen functional groups attached to an aromatic ring is 1. The summed E-state index contributed by atoms with van der Waals surface area (Å²) in [6.45, 7) is 1.76. The number of nitrogens with two attached hydrogens (primary N) is 1. The van der Waals surface area contributed by atoms with Crippen molar-refractivity contribution in [2.45, 2.75) is 0 Å². The fourth-order valence-electron chi connectivity index (χ4n) is 0.832. The summed E-state index contributed by atoms with van der Waals surface area (Å²) in [5.74, 6) is -0.408. The van der Waals surface area contributed by atoms with E-state index in [1.54, 1.807) is 6.66 Å². The summed E-state index contributed by atoms with van der Waals surface area (Å²) in [6, 6.07) is 3.88. The predicted octanol–water partition coefficient (Wildman–Crippen LogP) is 2.25. The summed E-state index contributed by atoms with van der Waals surface area (Å²) in [5.41, 5.74) is 6.06. The maximum atomic E-state index is 12.6. The Morgan fingerprint density at radius 2 is 2.31 bits per heavy atom. The molecule has 1 atom stereocenters. The summed E-state index contributed by atoms with van der Waals surface area (Å²) >= 11 is 0. The van der Waals surface area contributed by atoms with E-state index in [0.29, 0.717) is 5.69 Å². The number of rotatable bonds is 2. The minimum absolute atomic E-state index is 0.113. The predicted molar refractivity (Wildman–Crippen MR) is 54.1 cm³/mol. The van der Waals surface area contributed by atoms with Gasteiger partial charge >= 0.3 is 0 Å². The average Bonchev–Trinajstić information content (AvgIpc) is 2.09. The standard InChI is InChI=1S/C8H10FN2OP/c1-13-8(12)11-7-3-2-5(9)4-6(7)10/h2-4,13H,10H2,1H3,(H,11,12). The summed E-state index contributed by atoms with van der Waals surface area (Å²) in [5, 5.41) is 2.57. The first kappa shape index (κ1) is 9.93. The van der Waals surface area contributed by atoms with Gasteiger partial charge in [0.05, 0.1) is 11.4 Å². The van der Waals surface area contributed by atoms with E-state index in [-0.39, 0.29) is 19.9 Å². The second kappa shape index (κ2) is 4.19. The number of hydrogen-bond acceptors (Lipinski definition) is 2. The van der Waals surface area contributed by atoms with Crippen molar-refractivity contribution >= 4 is 25.6 Å². The van der Waals surface area contributed by atoms with Gasteiger partial charge in [-0.15, -0.1) is 0 Å². The second-order valence-electron chi connectivity index (χ2n) is 2.44. The molecule has 0 bridgehead atoms. The molecule has 0 saturated carbocycles. The molecule has 0 heterocycles. The molecular formula is C8H10FN2OP. The van der Waals surface area contributed by atoms with Gasteiger partial charge in [0.15, 0.2) is 0 Å². The van der Waals surface area contributed by atoms with E-state index in [4.69, 9.17) is 5.73 Å². The summed E-state index contributed by atoms with van der Waals surface area (Å²) in [6.07, 6.45) is 0. The van der Waals surface area contributed by atoms with Crippen molar-refractivity contribution in [2.24, 2.45) is 0 Å². The van der Waals surface area contributed by atoms with Gasteiger partial charge in [0.25, 0.3) is 0 Å². The zero-order chi connectivity index (χ0) is 9.84. The van der Waals surface area contributed by atoms with Crippen molar-refractivity contribution in [1.29, 1.82) is 0 Å². The lowest BCUT2D eigenvalue weighted by molar-refractivity contribution is 0.269. The number of amides is 1. The quantitative estimate of drug-likeness (QED) is 0.568. The van der Waals surface area contributed by atoms with Crippen LogP contribution in [0.1, 0.15) is 0 Å². The smallest absolute Gasteiger partial charge is 0.242 e. The van der Waals surface area contributed by atoms with Crippen LogP contribution in [0.4, 0.5) is 20.6 Å². The van der Waals surface area contributed by atoms with Crippen LogP contribution in [0.5, 0.6) is 0 Å². The molecule has 0 aromatic heterocycles. The van der Waals surface area contributed by atoms with E-state index in [1.807, 2.05) is 0 Å². The molecule has 1 unspecified atom stereocenters. The number of hydrogen-bond donors (Lipinski definition) is 2. The van der Waals surface area contributed by atoms with Crippen LogP contribution >= 0.6 is 8.58 Å². The molecule has 0 radical (unpaired) electrons. The summed E-state index contributed by atoms with van der Waals surface area (Å²) in [7, 11) is 0.151. The fraction of sp³-hybridized carbons (Fsp3) is 0.125. The van der Waals surface area contributed by atoms with Crippen molar-refractivity contribution in [3.8, 4) is 0 Å². The highest BCUT2D eigenvalue weighted by Crippen LogP contribution is 2.21. The fourth-order valence-corrected chi connectivity index (χ4v) is 1.09. The third-order valence-electron chi connectivity index (χ3n) is 1.49. The van der Waals surface area contributed by atoms with Crippen LogP contribution in [-0.4, -0.2) is 12.3 Å². The highest BCUT2D eigenvalue weighted by Gasteiger charge is 2.03. The number of benzene rings is 1. The Kier molecular flexibility index (Phi) is 3.20. The molecule has 0 spiro atoms. The third-order valence-corrected chi connectivity index (χ3v) is 2.07. The average molecular weight is 200 g/mol. The van der Waals surface area contributed by atoms with E-state index in [0.717, 1.165) is 0 Å². The van der Waals surface area contributed by atoms with Crippen LogP contribution in [0.25, 0.3) is 0 Å². The molecule has 3 nitrogen and oxygen atoms in total. The normalized spacial score (nSPS) is 10.6. The number of anilines is 2. The molecule has 0 saturated heterocycles. The first-order valence-corrected chi connectivity index (χ1v) is 5.17. The van der Waals surface area contributed by atoms with Gasteiger partial charge in [-0.3, -0.25) is 4.79 Å². The van der Waals surface area contributed by atoms with E-state index in [1.165, 1.54) is 18.2 Å². The van der Waals surface area contributed by atoms with Gasteiger partial charge < -0.3 is 11.1 Å². The Morgan fingerprint density at radius 1 is 1.62 bits per heavy atom. The number of halogens is 1. The van der Waals surface area contributed by atoms with Gasteiger partial charge in [0.1, 0.15) is 5.82 Å². The largest absolute Gasteiger partial charge is 0.397 e. The van der Waals surface area contributed by atoms with Gasteiger partial charge in [-0.2, -0.15) is 0 Å². The molecule has 0 aliphatic heterocycles. The molecule has 1 amide bonds. The molecule has 13 heavy (non-hydrogen) atoms. The van der Waals surface area contributed by atoms with E-state index >= 15 is 0 Å². The lowest BCUT2D eigenvalue weighted by atomic mass is 10.2. The van der Waals surface area contributed by atoms with Gasteiger partial charge in [-0.25, -0.2) is 4.39 Å². The van der Waals surface area contributed by atoms with Crippen molar-refractivity contribution in [1.82, 2.24) is 0 Å². The molecule has 5 heteroatoms. The Morgan fingerprint density at radius 3 is 2.85 bits per heavy atom. The first-order valence-electron chi connectivity index (χ1n) is 3.67. The zero-order valence-electron chi connectivity index (χ0n) is 7.10. The molecular weight excluding hydrogens is 190 g/mol. The Labute approximate surface area is 77.3 Å². The van der Waals surface area contributed by atoms with E-state index in [2.05, 4.69) is 5.32 Å². The summed E-state index contributed by atoms with van der Waals surface area (Å²) in [4.78, 5) is 11.0. The number of nitrogens with one attached hydrogen (secondary N) is 1. The third kappa shape index (κ3) is 2.67. The maximum Gasteiger partial charge on any atom is 0.242 e. The minimum atomic E-state index is -0.408. The van der Waals surface area contributed by atoms with Gasteiger partial charge in [-0.1, -0.05) is 0 Å². The lowest BCUT2D eigenvalue weighted by Gasteiger charge is -2.06. The van der Waals surface area contributed by atoms with E-state index in [9.17, 15) is 9.18 Å². The monoisotopic (exact) mass is 200 g/mol. The SMILES string of the molecule is CPC(=O)Nc1ccc(F)cc1N.